The molecular weight excluding hydrogens is 140 g/mol. The SMILES string of the molecule is NNc1nccn2cccc12. The van der Waals surface area contributed by atoms with Crippen LogP contribution < -0.4 is 11.3 Å². The maximum atomic E-state index is 5.25. The molecule has 2 heterocycles. The van der Waals surface area contributed by atoms with E-state index < -0.39 is 0 Å². The molecule has 56 valence electrons. The Bertz CT molecular complexity index is 365. The highest BCUT2D eigenvalue weighted by atomic mass is 15.3. The molecule has 0 saturated carbocycles. The highest BCUT2D eigenvalue weighted by Gasteiger charge is 1.97. The Kier molecular flexibility index (Phi) is 1.26. The van der Waals surface area contributed by atoms with Gasteiger partial charge in [0.25, 0.3) is 0 Å². The molecule has 4 heteroatoms. The first-order valence-electron chi connectivity index (χ1n) is 3.30. The third kappa shape index (κ3) is 0.841. The molecule has 0 aliphatic rings. The number of hydrogen-bond acceptors (Lipinski definition) is 3. The second-order valence-corrected chi connectivity index (χ2v) is 2.22. The molecule has 0 fully saturated rings. The molecule has 0 spiro atoms. The molecule has 0 unspecified atom stereocenters. The van der Waals surface area contributed by atoms with E-state index in [9.17, 15) is 0 Å². The van der Waals surface area contributed by atoms with Crippen molar-refractivity contribution in [3.63, 3.8) is 0 Å². The second-order valence-electron chi connectivity index (χ2n) is 2.22. The summed E-state index contributed by atoms with van der Waals surface area (Å²) in [4.78, 5) is 4.04. The normalized spacial score (nSPS) is 10.3. The topological polar surface area (TPSA) is 55.3 Å². The van der Waals surface area contributed by atoms with Gasteiger partial charge < -0.3 is 9.83 Å². The molecule has 0 aromatic carbocycles. The van der Waals surface area contributed by atoms with Gasteiger partial charge in [-0.2, -0.15) is 0 Å². The highest BCUT2D eigenvalue weighted by Crippen LogP contribution is 2.11. The van der Waals surface area contributed by atoms with Crippen molar-refractivity contribution < 1.29 is 0 Å². The number of aromatic nitrogens is 2. The van der Waals surface area contributed by atoms with Crippen LogP contribution in [0, 0.1) is 0 Å². The lowest BCUT2D eigenvalue weighted by Gasteiger charge is -2.00. The van der Waals surface area contributed by atoms with Gasteiger partial charge in [-0.1, -0.05) is 0 Å². The fraction of sp³-hybridized carbons (Fsp3) is 0. The van der Waals surface area contributed by atoms with E-state index in [1.165, 1.54) is 0 Å². The van der Waals surface area contributed by atoms with E-state index in [2.05, 4.69) is 10.4 Å². The van der Waals surface area contributed by atoms with E-state index in [0.717, 1.165) is 5.52 Å². The Morgan fingerprint density at radius 3 is 3.18 bits per heavy atom. The molecule has 4 nitrogen and oxygen atoms in total. The number of fused-ring (bicyclic) bond motifs is 1. The molecule has 3 N–H and O–H groups in total. The predicted octanol–water partition coefficient (Wildman–Crippen LogP) is 0.620. The van der Waals surface area contributed by atoms with Gasteiger partial charge in [-0.15, -0.1) is 0 Å². The first kappa shape index (κ1) is 6.18. The monoisotopic (exact) mass is 148 g/mol. The second kappa shape index (κ2) is 2.25. The maximum Gasteiger partial charge on any atom is 0.164 e. The number of nitrogen functional groups attached to an aromatic ring is 1. The summed E-state index contributed by atoms with van der Waals surface area (Å²) in [5, 5.41) is 0. The third-order valence-corrected chi connectivity index (χ3v) is 1.59. The number of anilines is 1. The van der Waals surface area contributed by atoms with Gasteiger partial charge in [-0.3, -0.25) is 0 Å². The summed E-state index contributed by atoms with van der Waals surface area (Å²) in [7, 11) is 0. The van der Waals surface area contributed by atoms with E-state index in [0.29, 0.717) is 5.82 Å². The van der Waals surface area contributed by atoms with E-state index in [4.69, 9.17) is 5.84 Å². The minimum atomic E-state index is 0.692. The number of hydrazine groups is 1. The molecule has 2 aromatic heterocycles. The van der Waals surface area contributed by atoms with E-state index in [1.807, 2.05) is 28.9 Å². The van der Waals surface area contributed by atoms with Gasteiger partial charge in [0.2, 0.25) is 0 Å². The zero-order chi connectivity index (χ0) is 7.68. The van der Waals surface area contributed by atoms with Crippen molar-refractivity contribution in [1.29, 1.82) is 0 Å². The molecule has 0 bridgehead atoms. The van der Waals surface area contributed by atoms with E-state index in [1.54, 1.807) is 6.20 Å². The number of hydrogen-bond donors (Lipinski definition) is 2. The van der Waals surface area contributed by atoms with E-state index in [-0.39, 0.29) is 0 Å². The van der Waals surface area contributed by atoms with Crippen LogP contribution in [-0.4, -0.2) is 9.38 Å². The zero-order valence-electron chi connectivity index (χ0n) is 5.86. The lowest BCUT2D eigenvalue weighted by molar-refractivity contribution is 1.12. The largest absolute Gasteiger partial charge is 0.319 e. The molecule has 0 atom stereocenters. The number of nitrogens with one attached hydrogen (secondary N) is 1. The molecule has 0 radical (unpaired) electrons. The van der Waals surface area contributed by atoms with Crippen LogP contribution >= 0.6 is 0 Å². The molecule has 11 heavy (non-hydrogen) atoms. The highest BCUT2D eigenvalue weighted by molar-refractivity contribution is 5.67. The van der Waals surface area contributed by atoms with Crippen LogP contribution in [-0.2, 0) is 0 Å². The van der Waals surface area contributed by atoms with Crippen molar-refractivity contribution in [3.05, 3.63) is 30.7 Å². The quantitative estimate of drug-likeness (QED) is 0.460. The Hall–Kier alpha value is -1.55. The fourth-order valence-electron chi connectivity index (χ4n) is 1.08. The van der Waals surface area contributed by atoms with Crippen LogP contribution in [0.3, 0.4) is 0 Å². The summed E-state index contributed by atoms with van der Waals surface area (Å²) >= 11 is 0. The first-order valence-corrected chi connectivity index (χ1v) is 3.30. The van der Waals surface area contributed by atoms with Crippen LogP contribution in [0.4, 0.5) is 5.82 Å². The molecular formula is C7H8N4. The van der Waals surface area contributed by atoms with Gasteiger partial charge >= 0.3 is 0 Å². The number of nitrogens with two attached hydrogens (primary N) is 1. The zero-order valence-corrected chi connectivity index (χ0v) is 5.86. The summed E-state index contributed by atoms with van der Waals surface area (Å²) < 4.78 is 1.95. The van der Waals surface area contributed by atoms with E-state index >= 15 is 0 Å². The minimum absolute atomic E-state index is 0.692. The summed E-state index contributed by atoms with van der Waals surface area (Å²) in [6, 6.07) is 3.89. The van der Waals surface area contributed by atoms with Gasteiger partial charge in [0.1, 0.15) is 0 Å². The van der Waals surface area contributed by atoms with Crippen molar-refractivity contribution in [2.45, 2.75) is 0 Å². The van der Waals surface area contributed by atoms with Crippen molar-refractivity contribution in [2.24, 2.45) is 5.84 Å². The Morgan fingerprint density at radius 2 is 2.36 bits per heavy atom. The van der Waals surface area contributed by atoms with Crippen LogP contribution in [0.5, 0.6) is 0 Å². The average molecular weight is 148 g/mol. The van der Waals surface area contributed by atoms with Crippen molar-refractivity contribution >= 4 is 11.3 Å². The minimum Gasteiger partial charge on any atom is -0.319 e. The summed E-state index contributed by atoms with van der Waals surface area (Å²) in [5.74, 6) is 5.94. The molecule has 0 aliphatic heterocycles. The van der Waals surface area contributed by atoms with Crippen molar-refractivity contribution in [3.8, 4) is 0 Å². The van der Waals surface area contributed by atoms with Crippen LogP contribution in [0.15, 0.2) is 30.7 Å². The Balaban J connectivity index is 2.79. The average Bonchev–Trinajstić information content (AvgIpc) is 2.50. The summed E-state index contributed by atoms with van der Waals surface area (Å²) in [6.07, 6.45) is 5.51. The summed E-state index contributed by atoms with van der Waals surface area (Å²) in [6.45, 7) is 0. The molecule has 0 amide bonds. The Labute approximate surface area is 63.6 Å². The lowest BCUT2D eigenvalue weighted by Crippen LogP contribution is -2.09. The maximum absolute atomic E-state index is 5.25. The third-order valence-electron chi connectivity index (χ3n) is 1.59. The molecule has 0 aliphatic carbocycles. The van der Waals surface area contributed by atoms with Gasteiger partial charge in [0.15, 0.2) is 5.82 Å². The number of rotatable bonds is 1. The van der Waals surface area contributed by atoms with Crippen molar-refractivity contribution in [1.82, 2.24) is 9.38 Å². The smallest absolute Gasteiger partial charge is 0.164 e. The standard InChI is InChI=1S/C7H8N4/c8-10-7-6-2-1-4-11(6)5-3-9-7/h1-5H,8H2,(H,9,10). The predicted molar refractivity (Wildman–Crippen MR) is 43.0 cm³/mol. The first-order chi connectivity index (χ1) is 5.42. The number of nitrogens with zero attached hydrogens (tertiary/aromatic N) is 2. The molecule has 0 saturated heterocycles. The lowest BCUT2D eigenvalue weighted by atomic mass is 10.5. The van der Waals surface area contributed by atoms with Gasteiger partial charge in [0, 0.05) is 18.6 Å². The van der Waals surface area contributed by atoms with Gasteiger partial charge in [0.05, 0.1) is 5.52 Å². The molecule has 2 aromatic rings. The fourth-order valence-corrected chi connectivity index (χ4v) is 1.08. The van der Waals surface area contributed by atoms with Crippen molar-refractivity contribution in [2.75, 3.05) is 5.43 Å². The van der Waals surface area contributed by atoms with Gasteiger partial charge in [-0.25, -0.2) is 10.8 Å². The van der Waals surface area contributed by atoms with Crippen LogP contribution in [0.25, 0.3) is 5.52 Å². The van der Waals surface area contributed by atoms with Gasteiger partial charge in [-0.05, 0) is 12.1 Å². The van der Waals surface area contributed by atoms with Crippen LogP contribution in [0.1, 0.15) is 0 Å². The molecule has 2 rings (SSSR count). The summed E-state index contributed by atoms with van der Waals surface area (Å²) in [5.41, 5.74) is 3.51. The van der Waals surface area contributed by atoms with Crippen LogP contribution in [0.2, 0.25) is 0 Å². The Morgan fingerprint density at radius 1 is 1.45 bits per heavy atom.